The summed E-state index contributed by atoms with van der Waals surface area (Å²) >= 11 is 0. The number of nitrogens with zero attached hydrogens (tertiary/aromatic N) is 3. The van der Waals surface area contributed by atoms with Gasteiger partial charge in [0.05, 0.1) is 12.2 Å². The lowest BCUT2D eigenvalue weighted by Gasteiger charge is -2.38. The first-order chi connectivity index (χ1) is 22.4. The van der Waals surface area contributed by atoms with Gasteiger partial charge in [-0.3, -0.25) is 33.8 Å². The summed E-state index contributed by atoms with van der Waals surface area (Å²) < 4.78 is 0. The molecule has 1 aromatic rings. The van der Waals surface area contributed by atoms with Crippen molar-refractivity contribution in [3.8, 4) is 0 Å². The van der Waals surface area contributed by atoms with Gasteiger partial charge in [0.25, 0.3) is 11.8 Å². The largest absolute Gasteiger partial charge is 0.353 e. The molecule has 4 rings (SSSR count). The molecule has 3 aliphatic rings. The van der Waals surface area contributed by atoms with Crippen LogP contribution in [-0.4, -0.2) is 87.9 Å². The van der Waals surface area contributed by atoms with E-state index in [0.717, 1.165) is 51.4 Å². The number of aromatic nitrogens is 2. The number of fused-ring (bicyclic) bond motifs is 1. The van der Waals surface area contributed by atoms with E-state index in [1.54, 1.807) is 4.90 Å². The Morgan fingerprint density at radius 3 is 2.28 bits per heavy atom. The molecule has 3 fully saturated rings. The van der Waals surface area contributed by atoms with Gasteiger partial charge in [0.2, 0.25) is 23.5 Å². The van der Waals surface area contributed by atoms with Gasteiger partial charge in [-0.2, -0.15) is 0 Å². The fourth-order valence-electron chi connectivity index (χ4n) is 7.51. The molecule has 2 heterocycles. The molecule has 0 unspecified atom stereocenters. The molecule has 2 saturated carbocycles. The number of hydrogen-bond acceptors (Lipinski definition) is 8. The third-order valence-electron chi connectivity index (χ3n) is 9.99. The highest BCUT2D eigenvalue weighted by molar-refractivity contribution is 6.38. The van der Waals surface area contributed by atoms with Crippen molar-refractivity contribution in [2.24, 2.45) is 23.2 Å². The highest BCUT2D eigenvalue weighted by atomic mass is 16.2. The summed E-state index contributed by atoms with van der Waals surface area (Å²) in [6, 6.07) is -3.72. The predicted octanol–water partition coefficient (Wildman–Crippen LogP) is 1.91. The Labute approximate surface area is 277 Å². The van der Waals surface area contributed by atoms with Crippen LogP contribution in [0.5, 0.6) is 0 Å². The summed E-state index contributed by atoms with van der Waals surface area (Å²) in [5.41, 5.74) is -0.643. The van der Waals surface area contributed by atoms with Gasteiger partial charge in [0.1, 0.15) is 23.8 Å². The van der Waals surface area contributed by atoms with Crippen LogP contribution >= 0.6 is 0 Å². The van der Waals surface area contributed by atoms with Crippen molar-refractivity contribution in [3.05, 3.63) is 24.3 Å². The zero-order valence-electron chi connectivity index (χ0n) is 28.3. The summed E-state index contributed by atoms with van der Waals surface area (Å²) in [4.78, 5) is 90.2. The minimum absolute atomic E-state index is 0.0890. The van der Waals surface area contributed by atoms with Gasteiger partial charge in [-0.25, -0.2) is 4.98 Å². The van der Waals surface area contributed by atoms with Crippen molar-refractivity contribution in [2.75, 3.05) is 13.6 Å². The Morgan fingerprint density at radius 2 is 1.66 bits per heavy atom. The van der Waals surface area contributed by atoms with Crippen molar-refractivity contribution in [3.63, 3.8) is 0 Å². The second-order valence-electron chi connectivity index (χ2n) is 14.3. The maximum atomic E-state index is 14.5. The number of amides is 5. The Bertz CT molecular complexity index is 1310. The van der Waals surface area contributed by atoms with Gasteiger partial charge in [0, 0.05) is 26.0 Å². The molecule has 1 aliphatic heterocycles. The van der Waals surface area contributed by atoms with Crippen LogP contribution in [0.2, 0.25) is 0 Å². The number of carbonyl (C=O) groups excluding carboxylic acids is 6. The second-order valence-corrected chi connectivity index (χ2v) is 14.3. The first kappa shape index (κ1) is 35.9. The molecule has 0 aromatic carbocycles. The normalized spacial score (nSPS) is 23.2. The zero-order chi connectivity index (χ0) is 34.3. The van der Waals surface area contributed by atoms with Gasteiger partial charge >= 0.3 is 0 Å². The van der Waals surface area contributed by atoms with E-state index in [4.69, 9.17) is 0 Å². The number of likely N-dealkylation sites (N-methyl/N-ethyl adjacent to an activating group) is 1. The van der Waals surface area contributed by atoms with Gasteiger partial charge < -0.3 is 26.2 Å². The van der Waals surface area contributed by atoms with Crippen molar-refractivity contribution >= 4 is 35.3 Å². The average Bonchev–Trinajstić information content (AvgIpc) is 3.67. The number of Topliss-reactive ketones (excluding diaryl/α,β-unsaturated/α-hetero) is 1. The molecule has 1 aromatic heterocycles. The molecular formula is C34H51N7O6. The van der Waals surface area contributed by atoms with Crippen LogP contribution < -0.4 is 21.3 Å². The van der Waals surface area contributed by atoms with Crippen molar-refractivity contribution in [1.82, 2.24) is 36.1 Å². The number of ketones is 1. The van der Waals surface area contributed by atoms with E-state index in [-0.39, 0.29) is 35.8 Å². The van der Waals surface area contributed by atoms with E-state index in [0.29, 0.717) is 13.0 Å². The molecule has 1 saturated heterocycles. The molecule has 4 N–H and O–H groups in total. The number of nitrogens with one attached hydrogen (secondary N) is 4. The van der Waals surface area contributed by atoms with E-state index in [1.807, 2.05) is 27.7 Å². The molecule has 0 spiro atoms. The summed E-state index contributed by atoms with van der Waals surface area (Å²) in [6.45, 7) is 7.79. The van der Waals surface area contributed by atoms with Gasteiger partial charge in [-0.1, -0.05) is 59.8 Å². The Balaban J connectivity index is 1.58. The lowest BCUT2D eigenvalue weighted by Crippen LogP contribution is -2.62. The van der Waals surface area contributed by atoms with Crippen LogP contribution in [-0.2, 0) is 24.0 Å². The third-order valence-corrected chi connectivity index (χ3v) is 9.99. The standard InChI is InChI=1S/C34H51N7O6/c1-6-11-23(27(42)32(46)35-5)38-31(45)26-22-15-10-14-21(22)19-41(26)33(47)28(34(2,3)4)40-30(44)25(20-12-8-7-9-13-20)39-29(43)24-18-36-16-17-37-24/h16-18,20-23,25-26,28H,6-15,19H2,1-5H3,(H,35,46)(H,38,45)(H,39,43)(H,40,44)/t21-,22-,23-,25-,26-,28+/m0/s1. The van der Waals surface area contributed by atoms with Crippen molar-refractivity contribution < 1.29 is 28.8 Å². The molecular weight excluding hydrogens is 602 g/mol. The highest BCUT2D eigenvalue weighted by Crippen LogP contribution is 2.43. The minimum atomic E-state index is -1.00. The number of likely N-dealkylation sites (tertiary alicyclic amines) is 1. The molecule has 13 nitrogen and oxygen atoms in total. The molecule has 5 amide bonds. The van der Waals surface area contributed by atoms with Crippen molar-refractivity contribution in [2.45, 2.75) is 116 Å². The summed E-state index contributed by atoms with van der Waals surface area (Å²) in [6.07, 6.45) is 12.1. The van der Waals surface area contributed by atoms with E-state index in [2.05, 4.69) is 31.2 Å². The Morgan fingerprint density at radius 1 is 0.936 bits per heavy atom. The van der Waals surface area contributed by atoms with Crippen molar-refractivity contribution in [1.29, 1.82) is 0 Å². The molecule has 47 heavy (non-hydrogen) atoms. The third kappa shape index (κ3) is 8.53. The maximum Gasteiger partial charge on any atom is 0.289 e. The summed E-state index contributed by atoms with van der Waals surface area (Å²) in [7, 11) is 1.37. The van der Waals surface area contributed by atoms with E-state index in [1.165, 1.54) is 25.6 Å². The fourth-order valence-corrected chi connectivity index (χ4v) is 7.51. The molecule has 0 bridgehead atoms. The predicted molar refractivity (Wildman–Crippen MR) is 173 cm³/mol. The molecule has 2 aliphatic carbocycles. The fraction of sp³-hybridized carbons (Fsp3) is 0.706. The Hall–Kier alpha value is -3.90. The van der Waals surface area contributed by atoms with E-state index in [9.17, 15) is 28.8 Å². The second kappa shape index (κ2) is 15.8. The quantitative estimate of drug-likeness (QED) is 0.247. The topological polar surface area (TPSA) is 180 Å². The van der Waals surface area contributed by atoms with Crippen LogP contribution in [0.15, 0.2) is 18.6 Å². The Kier molecular flexibility index (Phi) is 12.1. The monoisotopic (exact) mass is 653 g/mol. The first-order valence-corrected chi connectivity index (χ1v) is 17.1. The molecule has 6 atom stereocenters. The van der Waals surface area contributed by atoms with Gasteiger partial charge in [0.15, 0.2) is 0 Å². The van der Waals surface area contributed by atoms with Crippen LogP contribution in [0.4, 0.5) is 0 Å². The number of hydrogen-bond donors (Lipinski definition) is 4. The zero-order valence-corrected chi connectivity index (χ0v) is 28.3. The smallest absolute Gasteiger partial charge is 0.289 e. The minimum Gasteiger partial charge on any atom is -0.353 e. The molecule has 13 heteroatoms. The van der Waals surface area contributed by atoms with Crippen LogP contribution in [0.3, 0.4) is 0 Å². The van der Waals surface area contributed by atoms with Crippen LogP contribution in [0, 0.1) is 23.2 Å². The van der Waals surface area contributed by atoms with Crippen LogP contribution in [0.25, 0.3) is 0 Å². The lowest BCUT2D eigenvalue weighted by molar-refractivity contribution is -0.146. The number of carbonyl (C=O) groups is 6. The average molecular weight is 654 g/mol. The summed E-state index contributed by atoms with van der Waals surface area (Å²) in [5.74, 6) is -3.40. The maximum absolute atomic E-state index is 14.5. The first-order valence-electron chi connectivity index (χ1n) is 17.1. The molecule has 0 radical (unpaired) electrons. The van der Waals surface area contributed by atoms with Gasteiger partial charge in [-0.05, 0) is 55.3 Å². The highest BCUT2D eigenvalue weighted by Gasteiger charge is 2.52. The van der Waals surface area contributed by atoms with E-state index < -0.39 is 59.0 Å². The van der Waals surface area contributed by atoms with Crippen LogP contribution in [0.1, 0.15) is 102 Å². The number of rotatable bonds is 12. The van der Waals surface area contributed by atoms with E-state index >= 15 is 0 Å². The summed E-state index contributed by atoms with van der Waals surface area (Å²) in [5, 5.41) is 11.0. The lowest BCUT2D eigenvalue weighted by atomic mass is 9.82. The SMILES string of the molecule is CCC[C@H](NC(=O)[C@@H]1[C@H]2CCC[C@H]2CN1C(=O)[C@@H](NC(=O)[C@@H](NC(=O)c1cnccn1)C1CCCCC1)C(C)(C)C)C(=O)C(=O)NC. The van der Waals surface area contributed by atoms with Gasteiger partial charge in [-0.15, -0.1) is 0 Å². The molecule has 258 valence electrons.